The average molecular weight is 348 g/mol. The minimum atomic E-state index is -0.618. The molecule has 2 aliphatic rings. The maximum Gasteiger partial charge on any atom is 0.272 e. The maximum absolute atomic E-state index is 12.7. The Bertz CT molecular complexity index is 612. The van der Waals surface area contributed by atoms with Crippen molar-refractivity contribution in [2.24, 2.45) is 0 Å². The molecule has 2 amide bonds. The number of hydrogen-bond acceptors (Lipinski definition) is 6. The third kappa shape index (κ3) is 4.33. The molecule has 1 unspecified atom stereocenters. The summed E-state index contributed by atoms with van der Waals surface area (Å²) >= 11 is 0. The van der Waals surface area contributed by atoms with Crippen molar-refractivity contribution in [3.05, 3.63) is 30.1 Å². The molecule has 3 rings (SSSR count). The fourth-order valence-electron chi connectivity index (χ4n) is 3.25. The Morgan fingerprint density at radius 2 is 2.16 bits per heavy atom. The van der Waals surface area contributed by atoms with Crippen LogP contribution in [0.2, 0.25) is 0 Å². The SMILES string of the molecule is CNC(=O)CN1CCOCC2(C1)CN(C(=O)c1ccccn1)CCO2. The van der Waals surface area contributed by atoms with Gasteiger partial charge in [0.05, 0.1) is 32.9 Å². The molecule has 2 aliphatic heterocycles. The Morgan fingerprint density at radius 3 is 2.92 bits per heavy atom. The zero-order chi connectivity index (χ0) is 17.7. The van der Waals surface area contributed by atoms with Crippen LogP contribution in [0, 0.1) is 0 Å². The highest BCUT2D eigenvalue weighted by molar-refractivity contribution is 5.92. The summed E-state index contributed by atoms with van der Waals surface area (Å²) in [5.41, 5.74) is -0.191. The summed E-state index contributed by atoms with van der Waals surface area (Å²) in [6.45, 7) is 3.83. The third-order valence-corrected chi connectivity index (χ3v) is 4.49. The number of carbonyl (C=O) groups excluding carboxylic acids is 2. The number of likely N-dealkylation sites (N-methyl/N-ethyl adjacent to an activating group) is 1. The Morgan fingerprint density at radius 1 is 1.28 bits per heavy atom. The Kier molecular flexibility index (Phi) is 5.62. The van der Waals surface area contributed by atoms with E-state index in [1.165, 1.54) is 0 Å². The summed E-state index contributed by atoms with van der Waals surface area (Å²) in [6.07, 6.45) is 1.61. The van der Waals surface area contributed by atoms with Gasteiger partial charge in [0.2, 0.25) is 5.91 Å². The van der Waals surface area contributed by atoms with Crippen LogP contribution < -0.4 is 5.32 Å². The van der Waals surface area contributed by atoms with E-state index < -0.39 is 5.60 Å². The van der Waals surface area contributed by atoms with E-state index in [0.29, 0.717) is 58.2 Å². The molecule has 8 heteroatoms. The Balaban J connectivity index is 1.71. The van der Waals surface area contributed by atoms with Gasteiger partial charge in [-0.3, -0.25) is 19.5 Å². The molecule has 0 radical (unpaired) electrons. The van der Waals surface area contributed by atoms with E-state index in [4.69, 9.17) is 9.47 Å². The van der Waals surface area contributed by atoms with Crippen molar-refractivity contribution in [3.63, 3.8) is 0 Å². The quantitative estimate of drug-likeness (QED) is 0.783. The molecule has 136 valence electrons. The van der Waals surface area contributed by atoms with Crippen molar-refractivity contribution in [3.8, 4) is 0 Å². The molecule has 2 saturated heterocycles. The normalized spacial score (nSPS) is 24.8. The van der Waals surface area contributed by atoms with Gasteiger partial charge in [0, 0.05) is 32.9 Å². The van der Waals surface area contributed by atoms with Crippen molar-refractivity contribution in [1.82, 2.24) is 20.1 Å². The van der Waals surface area contributed by atoms with Crippen molar-refractivity contribution in [1.29, 1.82) is 0 Å². The van der Waals surface area contributed by atoms with Crippen molar-refractivity contribution in [2.45, 2.75) is 5.60 Å². The Hall–Kier alpha value is -2.03. The molecule has 1 atom stereocenters. The van der Waals surface area contributed by atoms with Crippen LogP contribution in [0.5, 0.6) is 0 Å². The third-order valence-electron chi connectivity index (χ3n) is 4.49. The van der Waals surface area contributed by atoms with Crippen LogP contribution in [-0.2, 0) is 14.3 Å². The molecule has 3 heterocycles. The van der Waals surface area contributed by atoms with Crippen LogP contribution in [0.3, 0.4) is 0 Å². The topological polar surface area (TPSA) is 84.0 Å². The second-order valence-corrected chi connectivity index (χ2v) is 6.41. The van der Waals surface area contributed by atoms with E-state index in [-0.39, 0.29) is 11.8 Å². The van der Waals surface area contributed by atoms with Crippen LogP contribution in [0.1, 0.15) is 10.5 Å². The number of hydrogen-bond donors (Lipinski definition) is 1. The van der Waals surface area contributed by atoms with Gasteiger partial charge in [-0.25, -0.2) is 0 Å². The summed E-state index contributed by atoms with van der Waals surface area (Å²) in [6, 6.07) is 5.30. The highest BCUT2D eigenvalue weighted by atomic mass is 16.5. The number of amides is 2. The monoisotopic (exact) mass is 348 g/mol. The minimum Gasteiger partial charge on any atom is -0.377 e. The lowest BCUT2D eigenvalue weighted by molar-refractivity contribution is -0.136. The molecule has 1 aromatic heterocycles. The molecule has 8 nitrogen and oxygen atoms in total. The van der Waals surface area contributed by atoms with Crippen molar-refractivity contribution in [2.75, 3.05) is 59.6 Å². The Labute approximate surface area is 147 Å². The summed E-state index contributed by atoms with van der Waals surface area (Å²) in [4.78, 5) is 32.3. The molecule has 0 bridgehead atoms. The molecule has 1 spiro atoms. The first-order valence-electron chi connectivity index (χ1n) is 8.47. The van der Waals surface area contributed by atoms with Gasteiger partial charge < -0.3 is 19.7 Å². The summed E-state index contributed by atoms with van der Waals surface area (Å²) in [5, 5.41) is 2.64. The van der Waals surface area contributed by atoms with Gasteiger partial charge in [-0.2, -0.15) is 0 Å². The molecule has 25 heavy (non-hydrogen) atoms. The highest BCUT2D eigenvalue weighted by Gasteiger charge is 2.42. The number of nitrogens with one attached hydrogen (secondary N) is 1. The zero-order valence-corrected chi connectivity index (χ0v) is 14.4. The first kappa shape index (κ1) is 17.8. The fourth-order valence-corrected chi connectivity index (χ4v) is 3.25. The van der Waals surface area contributed by atoms with E-state index >= 15 is 0 Å². The number of nitrogens with zero attached hydrogens (tertiary/aromatic N) is 3. The number of pyridine rings is 1. The summed E-state index contributed by atoms with van der Waals surface area (Å²) in [5.74, 6) is -0.153. The number of ether oxygens (including phenoxy) is 2. The summed E-state index contributed by atoms with van der Waals surface area (Å²) in [7, 11) is 1.62. The molecule has 1 N–H and O–H groups in total. The second kappa shape index (κ2) is 7.90. The van der Waals surface area contributed by atoms with Crippen LogP contribution in [0.25, 0.3) is 0 Å². The van der Waals surface area contributed by atoms with Crippen molar-refractivity contribution >= 4 is 11.8 Å². The van der Waals surface area contributed by atoms with Crippen molar-refractivity contribution < 1.29 is 19.1 Å². The van der Waals surface area contributed by atoms with Gasteiger partial charge in [0.1, 0.15) is 11.3 Å². The predicted molar refractivity (Wildman–Crippen MR) is 90.1 cm³/mol. The highest BCUT2D eigenvalue weighted by Crippen LogP contribution is 2.23. The van der Waals surface area contributed by atoms with E-state index in [1.807, 2.05) is 4.90 Å². The first-order valence-corrected chi connectivity index (χ1v) is 8.47. The number of carbonyl (C=O) groups is 2. The standard InChI is InChI=1S/C17H24N4O4/c1-18-15(22)10-20-6-8-24-13-17(11-20)12-21(7-9-25-17)16(23)14-4-2-3-5-19-14/h2-5H,6-13H2,1H3,(H,18,22). The first-order chi connectivity index (χ1) is 12.1. The van der Waals surface area contributed by atoms with Gasteiger partial charge in [0.15, 0.2) is 0 Å². The predicted octanol–water partition coefficient (Wildman–Crippen LogP) is -0.629. The lowest BCUT2D eigenvalue weighted by Crippen LogP contribution is -2.60. The van der Waals surface area contributed by atoms with Gasteiger partial charge >= 0.3 is 0 Å². The van der Waals surface area contributed by atoms with Gasteiger partial charge in [0.25, 0.3) is 5.91 Å². The molecule has 0 aliphatic carbocycles. The van der Waals surface area contributed by atoms with Gasteiger partial charge in [-0.15, -0.1) is 0 Å². The van der Waals surface area contributed by atoms with E-state index in [1.54, 1.807) is 36.3 Å². The molecule has 2 fully saturated rings. The minimum absolute atomic E-state index is 0.0470. The van der Waals surface area contributed by atoms with Crippen LogP contribution in [-0.4, -0.2) is 91.8 Å². The molecule has 0 saturated carbocycles. The largest absolute Gasteiger partial charge is 0.377 e. The summed E-state index contributed by atoms with van der Waals surface area (Å²) < 4.78 is 11.8. The smallest absolute Gasteiger partial charge is 0.272 e. The number of aromatic nitrogens is 1. The van der Waals surface area contributed by atoms with Crippen LogP contribution in [0.4, 0.5) is 0 Å². The van der Waals surface area contributed by atoms with Crippen LogP contribution >= 0.6 is 0 Å². The van der Waals surface area contributed by atoms with E-state index in [0.717, 1.165) is 0 Å². The van der Waals surface area contributed by atoms with E-state index in [2.05, 4.69) is 10.3 Å². The second-order valence-electron chi connectivity index (χ2n) is 6.41. The number of rotatable bonds is 3. The average Bonchev–Trinajstić information content (AvgIpc) is 2.83. The van der Waals surface area contributed by atoms with Gasteiger partial charge in [-0.1, -0.05) is 6.07 Å². The molecular weight excluding hydrogens is 324 g/mol. The van der Waals surface area contributed by atoms with Crippen LogP contribution in [0.15, 0.2) is 24.4 Å². The van der Waals surface area contributed by atoms with Gasteiger partial charge in [-0.05, 0) is 12.1 Å². The fraction of sp³-hybridized carbons (Fsp3) is 0.588. The number of morpholine rings is 1. The maximum atomic E-state index is 12.7. The molecular formula is C17H24N4O4. The molecule has 0 aromatic carbocycles. The lowest BCUT2D eigenvalue weighted by atomic mass is 10.0. The van der Waals surface area contributed by atoms with E-state index in [9.17, 15) is 9.59 Å². The zero-order valence-electron chi connectivity index (χ0n) is 14.4. The molecule has 1 aromatic rings. The lowest BCUT2D eigenvalue weighted by Gasteiger charge is -2.43.